The zero-order chi connectivity index (χ0) is 14.3. The molecule has 1 aliphatic heterocycles. The summed E-state index contributed by atoms with van der Waals surface area (Å²) in [5.74, 6) is 9.06. The van der Waals surface area contributed by atoms with Crippen LogP contribution < -0.4 is 11.3 Å². The van der Waals surface area contributed by atoms with Gasteiger partial charge in [-0.15, -0.1) is 0 Å². The minimum Gasteiger partial charge on any atom is -0.378 e. The number of ether oxygens (including phenoxy) is 1. The van der Waals surface area contributed by atoms with Crippen LogP contribution in [0.5, 0.6) is 0 Å². The SMILES string of the molecule is NNC(CCCC1CCCO1)C12CC3CC(CC(C3)C1)C2. The van der Waals surface area contributed by atoms with Crippen LogP contribution in [0.25, 0.3) is 0 Å². The summed E-state index contributed by atoms with van der Waals surface area (Å²) < 4.78 is 5.77. The topological polar surface area (TPSA) is 47.3 Å². The van der Waals surface area contributed by atoms with Gasteiger partial charge in [0.05, 0.1) is 6.10 Å². The molecule has 5 rings (SSSR count). The van der Waals surface area contributed by atoms with Gasteiger partial charge in [0.15, 0.2) is 0 Å². The lowest BCUT2D eigenvalue weighted by Crippen LogP contribution is -2.57. The van der Waals surface area contributed by atoms with Crippen molar-refractivity contribution in [3.8, 4) is 0 Å². The van der Waals surface area contributed by atoms with E-state index in [-0.39, 0.29) is 0 Å². The lowest BCUT2D eigenvalue weighted by Gasteiger charge is -2.59. The zero-order valence-corrected chi connectivity index (χ0v) is 13.4. The molecular weight excluding hydrogens is 260 g/mol. The highest BCUT2D eigenvalue weighted by Crippen LogP contribution is 2.61. The first-order chi connectivity index (χ1) is 10.3. The molecule has 4 saturated carbocycles. The maximum absolute atomic E-state index is 6.01. The van der Waals surface area contributed by atoms with Gasteiger partial charge in [-0.2, -0.15) is 0 Å². The molecular formula is C18H32N2O. The Morgan fingerprint density at radius 1 is 1.10 bits per heavy atom. The maximum Gasteiger partial charge on any atom is 0.0576 e. The van der Waals surface area contributed by atoms with Gasteiger partial charge in [-0.1, -0.05) is 0 Å². The first-order valence-electron chi connectivity index (χ1n) is 9.35. The fourth-order valence-corrected chi connectivity index (χ4v) is 6.59. The quantitative estimate of drug-likeness (QED) is 0.583. The maximum atomic E-state index is 6.01. The normalized spacial score (nSPS) is 46.1. The molecule has 0 aromatic rings. The van der Waals surface area contributed by atoms with Crippen LogP contribution >= 0.6 is 0 Å². The molecule has 21 heavy (non-hydrogen) atoms. The van der Waals surface area contributed by atoms with Gasteiger partial charge in [0, 0.05) is 12.6 Å². The van der Waals surface area contributed by atoms with Gasteiger partial charge >= 0.3 is 0 Å². The second kappa shape index (κ2) is 5.82. The van der Waals surface area contributed by atoms with Crippen molar-refractivity contribution >= 4 is 0 Å². The number of hydrogen-bond acceptors (Lipinski definition) is 3. The first-order valence-corrected chi connectivity index (χ1v) is 9.35. The van der Waals surface area contributed by atoms with Gasteiger partial charge in [0.1, 0.15) is 0 Å². The molecule has 4 bridgehead atoms. The van der Waals surface area contributed by atoms with Crippen LogP contribution in [0.4, 0.5) is 0 Å². The van der Waals surface area contributed by atoms with Crippen molar-refractivity contribution in [2.45, 2.75) is 82.8 Å². The van der Waals surface area contributed by atoms with Crippen molar-refractivity contribution in [3.63, 3.8) is 0 Å². The standard InChI is InChI=1S/C18H32N2O/c19-20-17(5-1-3-16-4-2-6-21-16)18-10-13-7-14(11-18)9-15(8-13)12-18/h13-17,20H,1-12,19H2. The number of hydrogen-bond donors (Lipinski definition) is 2. The molecule has 2 unspecified atom stereocenters. The van der Waals surface area contributed by atoms with Crippen LogP contribution in [0.15, 0.2) is 0 Å². The average molecular weight is 292 g/mol. The molecule has 120 valence electrons. The highest BCUT2D eigenvalue weighted by Gasteiger charge is 2.53. The third-order valence-corrected chi connectivity index (χ3v) is 7.07. The van der Waals surface area contributed by atoms with Crippen molar-refractivity contribution in [1.82, 2.24) is 5.43 Å². The Hall–Kier alpha value is -0.120. The van der Waals surface area contributed by atoms with E-state index in [0.717, 1.165) is 24.4 Å². The molecule has 3 nitrogen and oxygen atoms in total. The smallest absolute Gasteiger partial charge is 0.0576 e. The minimum atomic E-state index is 0.541. The summed E-state index contributed by atoms with van der Waals surface area (Å²) in [6, 6.07) is 0.548. The molecule has 0 aromatic carbocycles. The van der Waals surface area contributed by atoms with Crippen molar-refractivity contribution in [1.29, 1.82) is 0 Å². The molecule has 0 spiro atoms. The van der Waals surface area contributed by atoms with Gasteiger partial charge in [-0.05, 0) is 93.8 Å². The zero-order valence-electron chi connectivity index (χ0n) is 13.4. The summed E-state index contributed by atoms with van der Waals surface area (Å²) in [5.41, 5.74) is 3.79. The van der Waals surface area contributed by atoms with Crippen molar-refractivity contribution in [3.05, 3.63) is 0 Å². The van der Waals surface area contributed by atoms with Gasteiger partial charge in [0.25, 0.3) is 0 Å². The van der Waals surface area contributed by atoms with Crippen LogP contribution in [-0.2, 0) is 4.74 Å². The monoisotopic (exact) mass is 292 g/mol. The van der Waals surface area contributed by atoms with E-state index in [0.29, 0.717) is 17.6 Å². The van der Waals surface area contributed by atoms with E-state index in [4.69, 9.17) is 10.6 Å². The molecule has 0 aromatic heterocycles. The molecule has 0 amide bonds. The van der Waals surface area contributed by atoms with Crippen LogP contribution in [-0.4, -0.2) is 18.8 Å². The number of nitrogens with two attached hydrogens (primary N) is 1. The summed E-state index contributed by atoms with van der Waals surface area (Å²) in [6.07, 6.45) is 15.8. The van der Waals surface area contributed by atoms with Crippen LogP contribution in [0.3, 0.4) is 0 Å². The Morgan fingerprint density at radius 3 is 2.29 bits per heavy atom. The second-order valence-electron chi connectivity index (χ2n) is 8.57. The summed E-state index contributed by atoms with van der Waals surface area (Å²) in [4.78, 5) is 0. The van der Waals surface area contributed by atoms with Crippen molar-refractivity contribution < 1.29 is 4.74 Å². The largest absolute Gasteiger partial charge is 0.378 e. The number of rotatable bonds is 6. The van der Waals surface area contributed by atoms with E-state index in [1.165, 1.54) is 70.6 Å². The van der Waals surface area contributed by atoms with Crippen LogP contribution in [0.2, 0.25) is 0 Å². The fourth-order valence-electron chi connectivity index (χ4n) is 6.59. The second-order valence-corrected chi connectivity index (χ2v) is 8.57. The van der Waals surface area contributed by atoms with Crippen LogP contribution in [0.1, 0.15) is 70.6 Å². The van der Waals surface area contributed by atoms with E-state index in [1.807, 2.05) is 0 Å². The van der Waals surface area contributed by atoms with Crippen LogP contribution in [0, 0.1) is 23.2 Å². The van der Waals surface area contributed by atoms with Gasteiger partial charge in [0.2, 0.25) is 0 Å². The third kappa shape index (κ3) is 2.77. The Bertz CT molecular complexity index is 329. The van der Waals surface area contributed by atoms with Gasteiger partial charge in [-0.3, -0.25) is 11.3 Å². The predicted molar refractivity (Wildman–Crippen MR) is 84.5 cm³/mol. The molecule has 5 aliphatic rings. The average Bonchev–Trinajstić information content (AvgIpc) is 2.95. The highest BCUT2D eigenvalue weighted by atomic mass is 16.5. The Kier molecular flexibility index (Phi) is 4.01. The lowest BCUT2D eigenvalue weighted by molar-refractivity contribution is -0.0759. The van der Waals surface area contributed by atoms with Gasteiger partial charge < -0.3 is 4.74 Å². The van der Waals surface area contributed by atoms with E-state index in [9.17, 15) is 0 Å². The minimum absolute atomic E-state index is 0.541. The van der Waals surface area contributed by atoms with Crippen molar-refractivity contribution in [2.24, 2.45) is 29.0 Å². The van der Waals surface area contributed by atoms with E-state index in [1.54, 1.807) is 0 Å². The summed E-state index contributed by atoms with van der Waals surface area (Å²) in [7, 11) is 0. The lowest BCUT2D eigenvalue weighted by atomic mass is 9.47. The molecule has 3 heteroatoms. The number of hydrazine groups is 1. The molecule has 1 saturated heterocycles. The molecule has 5 fully saturated rings. The summed E-state index contributed by atoms with van der Waals surface area (Å²) in [6.45, 7) is 0.984. The van der Waals surface area contributed by atoms with E-state index in [2.05, 4.69) is 5.43 Å². The molecule has 2 atom stereocenters. The molecule has 4 aliphatic carbocycles. The number of nitrogens with one attached hydrogen (secondary N) is 1. The fraction of sp³-hybridized carbons (Fsp3) is 1.00. The molecule has 0 radical (unpaired) electrons. The first kappa shape index (κ1) is 14.5. The Morgan fingerprint density at radius 2 is 1.76 bits per heavy atom. The molecule has 1 heterocycles. The van der Waals surface area contributed by atoms with Crippen molar-refractivity contribution in [2.75, 3.05) is 6.61 Å². The van der Waals surface area contributed by atoms with E-state index < -0.39 is 0 Å². The summed E-state index contributed by atoms with van der Waals surface area (Å²) >= 11 is 0. The Labute approximate surface area is 129 Å². The summed E-state index contributed by atoms with van der Waals surface area (Å²) in [5, 5.41) is 0. The third-order valence-electron chi connectivity index (χ3n) is 7.07. The van der Waals surface area contributed by atoms with Gasteiger partial charge in [-0.25, -0.2) is 0 Å². The molecule has 3 N–H and O–H groups in total. The predicted octanol–water partition coefficient (Wildman–Crippen LogP) is 3.38. The van der Waals surface area contributed by atoms with E-state index >= 15 is 0 Å². The highest BCUT2D eigenvalue weighted by molar-refractivity contribution is 5.05. The Balaban J connectivity index is 1.36.